The second kappa shape index (κ2) is 13.7. The van der Waals surface area contributed by atoms with Crippen LogP contribution in [0.15, 0.2) is 60.9 Å². The molecule has 0 bridgehead atoms. The Kier molecular flexibility index (Phi) is 9.42. The van der Waals surface area contributed by atoms with Crippen molar-refractivity contribution in [1.29, 1.82) is 0 Å². The number of carbonyl (C=O) groups is 2. The summed E-state index contributed by atoms with van der Waals surface area (Å²) in [6.07, 6.45) is 3.25. The van der Waals surface area contributed by atoms with E-state index in [4.69, 9.17) is 19.3 Å². The Hall–Kier alpha value is -4.88. The fourth-order valence-electron chi connectivity index (χ4n) is 6.27. The van der Waals surface area contributed by atoms with Gasteiger partial charge in [0.25, 0.3) is 0 Å². The largest absolute Gasteiger partial charge is 0.490 e. The normalized spacial score (nSPS) is 17.9. The number of ether oxygens (including phenoxy) is 3. The average Bonchev–Trinajstić information content (AvgIpc) is 3.76. The first-order valence-electron chi connectivity index (χ1n) is 16.2. The van der Waals surface area contributed by atoms with Gasteiger partial charge in [0.2, 0.25) is 0 Å². The summed E-state index contributed by atoms with van der Waals surface area (Å²) < 4.78 is 20.5. The van der Waals surface area contributed by atoms with Gasteiger partial charge in [0.05, 0.1) is 36.8 Å². The highest BCUT2D eigenvalue weighted by Gasteiger charge is 2.37. The topological polar surface area (TPSA) is 128 Å². The molecule has 13 heteroatoms. The Bertz CT molecular complexity index is 1760. The molecule has 0 radical (unpaired) electrons. The van der Waals surface area contributed by atoms with Crippen LogP contribution in [0.25, 0.3) is 16.9 Å². The lowest BCUT2D eigenvalue weighted by atomic mass is 9.93. The third kappa shape index (κ3) is 7.16. The first-order chi connectivity index (χ1) is 23.0. The van der Waals surface area contributed by atoms with Gasteiger partial charge in [0.1, 0.15) is 29.5 Å². The van der Waals surface area contributed by atoms with Crippen molar-refractivity contribution in [1.82, 2.24) is 29.8 Å². The fraction of sp³-hybridized carbons (Fsp3) is 0.429. The van der Waals surface area contributed by atoms with Gasteiger partial charge in [0, 0.05) is 57.0 Å². The molecule has 2 aromatic heterocycles. The molecule has 1 fully saturated rings. The van der Waals surface area contributed by atoms with Gasteiger partial charge in [-0.05, 0) is 57.5 Å². The third-order valence-electron chi connectivity index (χ3n) is 8.55. The van der Waals surface area contributed by atoms with Gasteiger partial charge < -0.3 is 19.5 Å². The molecule has 0 aliphatic carbocycles. The summed E-state index contributed by atoms with van der Waals surface area (Å²) in [5, 5.41) is 15.6. The van der Waals surface area contributed by atoms with Crippen LogP contribution in [0.1, 0.15) is 37.8 Å². The van der Waals surface area contributed by atoms with E-state index in [1.807, 2.05) is 89.5 Å². The van der Waals surface area contributed by atoms with Gasteiger partial charge in [-0.1, -0.05) is 24.3 Å². The number of methoxy groups -OCH3 is 1. The number of nitrogens with zero attached hydrogens (tertiary/aromatic N) is 6. The SMILES string of the molecule is COCCN1C[C@@H](NC(=O)Nc2c(C)c(-c3cnn(C)c3)nn2-c2ccccc2)[C@H](c2ccc3c(c2)N(C(=O)OC(C)(C)C)CCO3)C1. The zero-order valence-electron chi connectivity index (χ0n) is 28.4. The number of aromatic nitrogens is 4. The highest BCUT2D eigenvalue weighted by molar-refractivity contribution is 5.92. The van der Waals surface area contributed by atoms with E-state index in [0.717, 1.165) is 34.6 Å². The summed E-state index contributed by atoms with van der Waals surface area (Å²) in [5.74, 6) is 1.13. The molecule has 0 unspecified atom stereocenters. The first-order valence-corrected chi connectivity index (χ1v) is 16.2. The molecular weight excluding hydrogens is 612 g/mol. The van der Waals surface area contributed by atoms with Crippen LogP contribution < -0.4 is 20.3 Å². The van der Waals surface area contributed by atoms with Crippen molar-refractivity contribution in [2.45, 2.75) is 45.3 Å². The van der Waals surface area contributed by atoms with E-state index in [1.165, 1.54) is 0 Å². The number of hydrogen-bond acceptors (Lipinski definition) is 8. The van der Waals surface area contributed by atoms with Gasteiger partial charge in [-0.15, -0.1) is 0 Å². The Morgan fingerprint density at radius 2 is 1.90 bits per heavy atom. The van der Waals surface area contributed by atoms with Crippen LogP contribution in [0.2, 0.25) is 0 Å². The quantitative estimate of drug-likeness (QED) is 0.273. The van der Waals surface area contributed by atoms with E-state index in [9.17, 15) is 9.59 Å². The molecule has 6 rings (SSSR count). The van der Waals surface area contributed by atoms with Crippen molar-refractivity contribution in [3.63, 3.8) is 0 Å². The Morgan fingerprint density at radius 1 is 1.10 bits per heavy atom. The van der Waals surface area contributed by atoms with Gasteiger partial charge in [-0.25, -0.2) is 14.3 Å². The first kappa shape index (κ1) is 33.0. The average molecular weight is 657 g/mol. The number of anilines is 2. The Morgan fingerprint density at radius 3 is 2.60 bits per heavy atom. The molecule has 254 valence electrons. The number of nitrogens with one attached hydrogen (secondary N) is 2. The van der Waals surface area contributed by atoms with Crippen LogP contribution in [0, 0.1) is 6.92 Å². The van der Waals surface area contributed by atoms with Crippen molar-refractivity contribution in [3.05, 3.63) is 72.1 Å². The second-order valence-electron chi connectivity index (χ2n) is 13.2. The summed E-state index contributed by atoms with van der Waals surface area (Å²) >= 11 is 0. The summed E-state index contributed by atoms with van der Waals surface area (Å²) in [6, 6.07) is 15.0. The lowest BCUT2D eigenvalue weighted by Crippen LogP contribution is -2.43. The molecule has 3 amide bonds. The molecule has 0 spiro atoms. The summed E-state index contributed by atoms with van der Waals surface area (Å²) in [7, 11) is 3.54. The molecule has 2 N–H and O–H groups in total. The van der Waals surface area contributed by atoms with Gasteiger partial charge in [-0.3, -0.25) is 19.8 Å². The third-order valence-corrected chi connectivity index (χ3v) is 8.55. The van der Waals surface area contributed by atoms with E-state index in [-0.39, 0.29) is 18.0 Å². The molecule has 2 atom stereocenters. The zero-order valence-corrected chi connectivity index (χ0v) is 28.4. The predicted octanol–water partition coefficient (Wildman–Crippen LogP) is 4.95. The van der Waals surface area contributed by atoms with Crippen LogP contribution in [0.4, 0.5) is 21.1 Å². The molecular formula is C35H44N8O5. The van der Waals surface area contributed by atoms with E-state index in [2.05, 4.69) is 20.6 Å². The van der Waals surface area contributed by atoms with Gasteiger partial charge in [-0.2, -0.15) is 10.2 Å². The maximum absolute atomic E-state index is 13.8. The second-order valence-corrected chi connectivity index (χ2v) is 13.2. The van der Waals surface area contributed by atoms with Gasteiger partial charge in [0.15, 0.2) is 0 Å². The standard InChI is InChI=1S/C35H44N8O5/c1-23-31(25-19-36-40(5)20-25)39-43(26-10-8-7-9-11-26)32(23)38-33(44)37-28-22-41(14-16-46-6)21-27(28)24-12-13-30-29(18-24)42(15-17-47-30)34(45)48-35(2,3)4/h7-13,18-20,27-28H,14-17,21-22H2,1-6H3,(H2,37,38,44)/t27-,28+/m0/s1. The highest BCUT2D eigenvalue weighted by atomic mass is 16.6. The molecule has 2 aliphatic heterocycles. The predicted molar refractivity (Wildman–Crippen MR) is 183 cm³/mol. The van der Waals surface area contributed by atoms with Crippen LogP contribution >= 0.6 is 0 Å². The summed E-state index contributed by atoms with van der Waals surface area (Å²) in [6.45, 7) is 10.9. The minimum atomic E-state index is -0.629. The molecule has 1 saturated heterocycles. The smallest absolute Gasteiger partial charge is 0.415 e. The minimum Gasteiger partial charge on any atom is -0.490 e. The van der Waals surface area contributed by atoms with Crippen molar-refractivity contribution in [2.24, 2.45) is 7.05 Å². The number of fused-ring (bicyclic) bond motifs is 1. The van der Waals surface area contributed by atoms with E-state index in [1.54, 1.807) is 27.6 Å². The Labute approximate surface area is 280 Å². The molecule has 4 aromatic rings. The number of para-hydroxylation sites is 1. The maximum atomic E-state index is 13.8. The number of likely N-dealkylation sites (tertiary alicyclic amines) is 1. The van der Waals surface area contributed by atoms with Crippen molar-refractivity contribution < 1.29 is 23.8 Å². The van der Waals surface area contributed by atoms with Crippen molar-refractivity contribution in [3.8, 4) is 22.7 Å². The van der Waals surface area contributed by atoms with Crippen LogP contribution in [-0.2, 0) is 16.5 Å². The molecule has 2 aromatic carbocycles. The number of carbonyl (C=O) groups excluding carboxylic acids is 2. The lowest BCUT2D eigenvalue weighted by Gasteiger charge is -2.32. The molecule has 0 saturated carbocycles. The van der Waals surface area contributed by atoms with E-state index in [0.29, 0.717) is 50.1 Å². The number of amides is 3. The monoisotopic (exact) mass is 656 g/mol. The minimum absolute atomic E-state index is 0.0635. The zero-order chi connectivity index (χ0) is 34.0. The van der Waals surface area contributed by atoms with Crippen LogP contribution in [-0.4, -0.2) is 94.7 Å². The van der Waals surface area contributed by atoms with Gasteiger partial charge >= 0.3 is 12.1 Å². The number of hydrogen-bond donors (Lipinski definition) is 2. The van der Waals surface area contributed by atoms with Crippen LogP contribution in [0.3, 0.4) is 0 Å². The number of rotatable bonds is 8. The number of aryl methyl sites for hydroxylation is 1. The maximum Gasteiger partial charge on any atom is 0.415 e. The molecule has 4 heterocycles. The number of benzene rings is 2. The van der Waals surface area contributed by atoms with Crippen molar-refractivity contribution >= 4 is 23.6 Å². The Balaban J connectivity index is 1.27. The van der Waals surface area contributed by atoms with Crippen molar-refractivity contribution in [2.75, 3.05) is 56.7 Å². The number of urea groups is 1. The van der Waals surface area contributed by atoms with E-state index >= 15 is 0 Å². The van der Waals surface area contributed by atoms with E-state index < -0.39 is 11.7 Å². The molecule has 2 aliphatic rings. The molecule has 13 nitrogen and oxygen atoms in total. The van der Waals surface area contributed by atoms with Crippen LogP contribution in [0.5, 0.6) is 5.75 Å². The lowest BCUT2D eigenvalue weighted by molar-refractivity contribution is 0.0567. The summed E-state index contributed by atoms with van der Waals surface area (Å²) in [5.41, 5.74) is 4.26. The summed E-state index contributed by atoms with van der Waals surface area (Å²) in [4.78, 5) is 30.9. The molecule has 48 heavy (non-hydrogen) atoms. The fourth-order valence-corrected chi connectivity index (χ4v) is 6.27. The highest BCUT2D eigenvalue weighted by Crippen LogP contribution is 2.38.